The molecule has 0 saturated heterocycles. The lowest BCUT2D eigenvalue weighted by Crippen LogP contribution is -2.66. The molecule has 0 spiro atoms. The molecule has 0 radical (unpaired) electrons. The number of allylic oxidation sites excluding steroid dienone is 4. The molecule has 5 rings (SSSR count). The van der Waals surface area contributed by atoms with Gasteiger partial charge in [0, 0.05) is 29.8 Å². The van der Waals surface area contributed by atoms with Crippen LogP contribution < -0.4 is 11.1 Å². The van der Waals surface area contributed by atoms with Gasteiger partial charge in [-0.05, 0) is 79.1 Å². The molecule has 0 heterocycles. The molecule has 5 aliphatic carbocycles. The summed E-state index contributed by atoms with van der Waals surface area (Å²) in [6.45, 7) is 18.0. The van der Waals surface area contributed by atoms with Crippen LogP contribution in [0.1, 0.15) is 93.4 Å². The molecule has 8 heteroatoms. The number of carbonyl (C=O) groups is 3. The van der Waals surface area contributed by atoms with Crippen LogP contribution in [0.15, 0.2) is 23.3 Å². The van der Waals surface area contributed by atoms with Gasteiger partial charge in [-0.1, -0.05) is 60.1 Å². The van der Waals surface area contributed by atoms with Crippen molar-refractivity contribution in [2.75, 3.05) is 39.5 Å². The van der Waals surface area contributed by atoms with Crippen molar-refractivity contribution in [1.82, 2.24) is 5.32 Å². The summed E-state index contributed by atoms with van der Waals surface area (Å²) in [6.07, 6.45) is 9.64. The first-order valence-electron chi connectivity index (χ1n) is 17.1. The molecule has 0 aromatic heterocycles. The van der Waals surface area contributed by atoms with Gasteiger partial charge in [-0.3, -0.25) is 14.4 Å². The van der Waals surface area contributed by atoms with Crippen LogP contribution in [0.25, 0.3) is 0 Å². The Balaban J connectivity index is 1.47. The Morgan fingerprint density at radius 3 is 2.31 bits per heavy atom. The Hall–Kier alpha value is -2.34. The van der Waals surface area contributed by atoms with Crippen LogP contribution in [0.4, 0.5) is 0 Å². The van der Waals surface area contributed by atoms with Crippen molar-refractivity contribution >= 4 is 17.5 Å². The van der Waals surface area contributed by atoms with E-state index in [1.807, 2.05) is 26.0 Å². The molecular weight excluding hydrogens is 566 g/mol. The van der Waals surface area contributed by atoms with Gasteiger partial charge >= 0.3 is 0 Å². The van der Waals surface area contributed by atoms with Crippen molar-refractivity contribution in [2.24, 2.45) is 56.0 Å². The molecule has 0 unspecified atom stereocenters. The lowest BCUT2D eigenvalue weighted by Gasteiger charge is -2.69. The number of hydrogen-bond donors (Lipinski definition) is 2. The van der Waals surface area contributed by atoms with E-state index in [2.05, 4.69) is 46.0 Å². The maximum absolute atomic E-state index is 14.7. The maximum atomic E-state index is 14.7. The first kappa shape index (κ1) is 34.0. The van der Waals surface area contributed by atoms with Crippen molar-refractivity contribution in [2.45, 2.75) is 93.4 Å². The van der Waals surface area contributed by atoms with Gasteiger partial charge in [0.15, 0.2) is 11.6 Å². The van der Waals surface area contributed by atoms with Crippen LogP contribution in [0, 0.1) is 61.6 Å². The van der Waals surface area contributed by atoms with Gasteiger partial charge in [-0.25, -0.2) is 0 Å². The Bertz CT molecular complexity index is 1340. The highest BCUT2D eigenvalue weighted by Crippen LogP contribution is 2.74. The molecule has 45 heavy (non-hydrogen) atoms. The Morgan fingerprint density at radius 1 is 0.978 bits per heavy atom. The third-order valence-electron chi connectivity index (χ3n) is 13.5. The number of nitriles is 1. The number of nitrogens with two attached hydrogens (primary N) is 1. The topological polar surface area (TPSA) is 132 Å². The Kier molecular flexibility index (Phi) is 8.86. The van der Waals surface area contributed by atoms with Gasteiger partial charge < -0.3 is 20.5 Å². The quantitative estimate of drug-likeness (QED) is 0.334. The number of amides is 1. The minimum atomic E-state index is -0.689. The maximum Gasteiger partial charge on any atom is 0.226 e. The second kappa shape index (κ2) is 11.7. The number of Topliss-reactive ketones (excluding diaryl/α,β-unsaturated/α-hetero) is 1. The fourth-order valence-electron chi connectivity index (χ4n) is 10.8. The molecule has 8 nitrogen and oxygen atoms in total. The number of hydrogen-bond acceptors (Lipinski definition) is 7. The molecular formula is C37H55N3O5. The van der Waals surface area contributed by atoms with E-state index < -0.39 is 16.2 Å². The van der Waals surface area contributed by atoms with Crippen LogP contribution in [-0.4, -0.2) is 57.0 Å². The summed E-state index contributed by atoms with van der Waals surface area (Å²) in [4.78, 5) is 42.2. The van der Waals surface area contributed by atoms with Gasteiger partial charge in [0.25, 0.3) is 0 Å². The molecule has 248 valence electrons. The number of carbonyl (C=O) groups excluding carboxylic acids is 3. The number of ether oxygens (including phenoxy) is 2. The third-order valence-corrected chi connectivity index (χ3v) is 13.5. The van der Waals surface area contributed by atoms with Crippen LogP contribution >= 0.6 is 0 Å². The van der Waals surface area contributed by atoms with E-state index in [-0.39, 0.29) is 57.0 Å². The second-order valence-electron chi connectivity index (χ2n) is 16.7. The SMILES string of the molecule is CC1(C)CC[C@]2(C(=O)NCCOCCOCCN)CC[C@]3(C)[C@H](C(=O)C=C4[C@@]5(C)C=C(C#N)C(=O)C(C)(C)[C@@H]5CC[C@]43C)[C@H]2C1. The average molecular weight is 622 g/mol. The molecule has 0 aromatic rings. The molecule has 7 atom stereocenters. The van der Waals surface area contributed by atoms with Crippen LogP contribution in [0.5, 0.6) is 0 Å². The number of fused-ring (bicyclic) bond motifs is 7. The Morgan fingerprint density at radius 2 is 1.64 bits per heavy atom. The minimum absolute atomic E-state index is 0.0124. The second-order valence-corrected chi connectivity index (χ2v) is 16.7. The van der Waals surface area contributed by atoms with Crippen molar-refractivity contribution < 1.29 is 23.9 Å². The summed E-state index contributed by atoms with van der Waals surface area (Å²) in [7, 11) is 0. The largest absolute Gasteiger partial charge is 0.378 e. The molecule has 3 saturated carbocycles. The van der Waals surface area contributed by atoms with E-state index in [9.17, 15) is 19.6 Å². The first-order valence-corrected chi connectivity index (χ1v) is 17.1. The summed E-state index contributed by atoms with van der Waals surface area (Å²) in [5.41, 5.74) is 4.31. The van der Waals surface area contributed by atoms with Crippen molar-refractivity contribution in [3.63, 3.8) is 0 Å². The predicted molar refractivity (Wildman–Crippen MR) is 173 cm³/mol. The van der Waals surface area contributed by atoms with E-state index in [0.29, 0.717) is 39.5 Å². The molecule has 0 aromatic carbocycles. The van der Waals surface area contributed by atoms with Crippen molar-refractivity contribution in [3.8, 4) is 6.07 Å². The fourth-order valence-corrected chi connectivity index (χ4v) is 10.8. The first-order chi connectivity index (χ1) is 21.0. The highest BCUT2D eigenvalue weighted by molar-refractivity contribution is 6.04. The summed E-state index contributed by atoms with van der Waals surface area (Å²) in [5.74, 6) is -0.226. The highest BCUT2D eigenvalue weighted by atomic mass is 16.5. The zero-order valence-electron chi connectivity index (χ0n) is 28.6. The standard InChI is InChI=1S/C37H55N3O5/c1-32(2)10-12-37(31(43)40-15-17-45-19-18-44-16-14-38)13-11-36(7)29(25(37)22-32)26(41)20-28-34(5)21-24(23-39)30(42)33(3,4)27(34)8-9-35(28,36)6/h20-21,25,27,29H,8-19,22,38H2,1-7H3,(H,40,43)/t25-,27+,29+,34+,35-,36-,37+/m1/s1. The smallest absolute Gasteiger partial charge is 0.226 e. The predicted octanol–water partition coefficient (Wildman–Crippen LogP) is 5.31. The van der Waals surface area contributed by atoms with Crippen molar-refractivity contribution in [3.05, 3.63) is 23.3 Å². The molecule has 1 amide bonds. The lowest BCUT2D eigenvalue weighted by atomic mass is 9.34. The number of rotatable bonds is 9. The fraction of sp³-hybridized carbons (Fsp3) is 0.784. The third kappa shape index (κ3) is 5.16. The average Bonchev–Trinajstić information content (AvgIpc) is 2.97. The van der Waals surface area contributed by atoms with Gasteiger partial charge in [0.05, 0.1) is 37.4 Å². The van der Waals surface area contributed by atoms with Crippen LogP contribution in [-0.2, 0) is 23.9 Å². The number of nitrogens with zero attached hydrogens (tertiary/aromatic N) is 1. The van der Waals surface area contributed by atoms with Gasteiger partial charge in [-0.2, -0.15) is 5.26 Å². The van der Waals surface area contributed by atoms with Crippen LogP contribution in [0.3, 0.4) is 0 Å². The van der Waals surface area contributed by atoms with E-state index in [4.69, 9.17) is 15.2 Å². The zero-order valence-corrected chi connectivity index (χ0v) is 28.6. The van der Waals surface area contributed by atoms with Gasteiger partial charge in [-0.15, -0.1) is 0 Å². The number of nitrogens with one attached hydrogen (secondary N) is 1. The normalized spacial score (nSPS) is 39.7. The Labute approximate surface area is 269 Å². The molecule has 3 fully saturated rings. The lowest BCUT2D eigenvalue weighted by molar-refractivity contribution is -0.178. The molecule has 0 bridgehead atoms. The van der Waals surface area contributed by atoms with E-state index in [1.54, 1.807) is 0 Å². The number of ketones is 2. The molecule has 5 aliphatic rings. The zero-order chi connectivity index (χ0) is 33.1. The van der Waals surface area contributed by atoms with E-state index >= 15 is 0 Å². The molecule has 3 N–H and O–H groups in total. The summed E-state index contributed by atoms with van der Waals surface area (Å²) >= 11 is 0. The minimum Gasteiger partial charge on any atom is -0.378 e. The highest BCUT2D eigenvalue weighted by Gasteiger charge is 2.70. The monoisotopic (exact) mass is 621 g/mol. The summed E-state index contributed by atoms with van der Waals surface area (Å²) in [6, 6.07) is 2.19. The van der Waals surface area contributed by atoms with Gasteiger partial charge in [0.2, 0.25) is 5.91 Å². The van der Waals surface area contributed by atoms with Gasteiger partial charge in [0.1, 0.15) is 6.07 Å². The van der Waals surface area contributed by atoms with Crippen molar-refractivity contribution in [1.29, 1.82) is 5.26 Å². The van der Waals surface area contributed by atoms with Crippen LogP contribution in [0.2, 0.25) is 0 Å². The van der Waals surface area contributed by atoms with E-state index in [0.717, 1.165) is 50.5 Å². The molecule has 0 aliphatic heterocycles. The summed E-state index contributed by atoms with van der Waals surface area (Å²) < 4.78 is 11.0. The van der Waals surface area contributed by atoms with E-state index in [1.165, 1.54) is 0 Å². The summed E-state index contributed by atoms with van der Waals surface area (Å²) in [5, 5.41) is 13.2.